The molecule has 3 N–H and O–H groups in total. The molecule has 4 fully saturated rings. The van der Waals surface area contributed by atoms with E-state index in [9.17, 15) is 23.3 Å². The number of rotatable bonds is 12. The summed E-state index contributed by atoms with van der Waals surface area (Å²) in [7, 11) is -4.75. The number of fused-ring (bicyclic) bond motifs is 2. The molecule has 5 aliphatic rings. The van der Waals surface area contributed by atoms with Crippen LogP contribution < -0.4 is 24.4 Å². The van der Waals surface area contributed by atoms with Crippen LogP contribution in [0.5, 0.6) is 17.4 Å². The van der Waals surface area contributed by atoms with Gasteiger partial charge in [-0.15, -0.1) is 0 Å². The van der Waals surface area contributed by atoms with Gasteiger partial charge in [-0.2, -0.15) is 13.4 Å². The van der Waals surface area contributed by atoms with E-state index in [0.29, 0.717) is 29.9 Å². The van der Waals surface area contributed by atoms with E-state index >= 15 is 0 Å². The Balaban J connectivity index is 0.814. The van der Waals surface area contributed by atoms with Crippen molar-refractivity contribution in [3.63, 3.8) is 0 Å². The molecule has 2 atom stereocenters. The number of nitrogens with one attached hydrogen (secondary N) is 3. The molecule has 322 valence electrons. The van der Waals surface area contributed by atoms with E-state index in [1.165, 1.54) is 37.4 Å². The van der Waals surface area contributed by atoms with Crippen molar-refractivity contribution in [1.29, 1.82) is 0 Å². The van der Waals surface area contributed by atoms with E-state index in [4.69, 9.17) is 9.47 Å². The van der Waals surface area contributed by atoms with Crippen LogP contribution in [0.3, 0.4) is 0 Å². The molecule has 63 heavy (non-hydrogen) atoms. The summed E-state index contributed by atoms with van der Waals surface area (Å²) in [6, 6.07) is 28.9. The minimum atomic E-state index is -4.75. The quantitative estimate of drug-likeness (QED) is 0.0800. The van der Waals surface area contributed by atoms with Crippen molar-refractivity contribution >= 4 is 44.0 Å². The smallest absolute Gasteiger partial charge is 0.300 e. The van der Waals surface area contributed by atoms with Crippen molar-refractivity contribution in [2.24, 2.45) is 5.41 Å². The number of benzene rings is 3. The Morgan fingerprint density at radius 1 is 0.984 bits per heavy atom. The second-order valence-corrected chi connectivity index (χ2v) is 19.4. The lowest BCUT2D eigenvalue weighted by molar-refractivity contribution is -0.384. The number of ether oxygens (including phenoxy) is 2. The third kappa shape index (κ3) is 7.50. The van der Waals surface area contributed by atoms with Gasteiger partial charge in [0.25, 0.3) is 15.9 Å². The Labute approximate surface area is 364 Å². The van der Waals surface area contributed by atoms with Gasteiger partial charge >= 0.3 is 5.69 Å². The maximum atomic E-state index is 14.0. The maximum absolute atomic E-state index is 14.0. The molecule has 15 nitrogen and oxygen atoms in total. The molecular formula is C47H46N8O7S. The highest BCUT2D eigenvalue weighted by Crippen LogP contribution is 2.55. The van der Waals surface area contributed by atoms with Crippen molar-refractivity contribution in [3.05, 3.63) is 136 Å². The molecule has 3 aromatic heterocycles. The Morgan fingerprint density at radius 2 is 1.78 bits per heavy atom. The van der Waals surface area contributed by atoms with Crippen LogP contribution in [-0.4, -0.2) is 77.4 Å². The minimum absolute atomic E-state index is 0.0307. The highest BCUT2D eigenvalue weighted by Gasteiger charge is 2.55. The lowest BCUT2D eigenvalue weighted by Crippen LogP contribution is -2.66. The van der Waals surface area contributed by atoms with Crippen LogP contribution in [0, 0.1) is 15.5 Å². The summed E-state index contributed by atoms with van der Waals surface area (Å²) in [4.78, 5) is 42.2. The number of carbonyl (C=O) groups excluding carboxylic acids is 1. The maximum Gasteiger partial charge on any atom is 0.300 e. The summed E-state index contributed by atoms with van der Waals surface area (Å²) in [5.74, 6) is -0.0422. The number of hydrogen-bond acceptors (Lipinski definition) is 12. The van der Waals surface area contributed by atoms with Gasteiger partial charge in [-0.05, 0) is 98.4 Å². The third-order valence-corrected chi connectivity index (χ3v) is 14.7. The number of likely N-dealkylation sites (tertiary alicyclic amines) is 1. The fourth-order valence-electron chi connectivity index (χ4n) is 10.3. The molecule has 3 aliphatic heterocycles. The predicted molar refractivity (Wildman–Crippen MR) is 236 cm³/mol. The first-order chi connectivity index (χ1) is 30.6. The number of carbonyl (C=O) groups is 1. The highest BCUT2D eigenvalue weighted by molar-refractivity contribution is 7.90. The van der Waals surface area contributed by atoms with Gasteiger partial charge in [-0.3, -0.25) is 19.8 Å². The first kappa shape index (κ1) is 39.3. The first-order valence-corrected chi connectivity index (χ1v) is 23.1. The number of aromatic amines is 1. The molecule has 1 unspecified atom stereocenters. The second kappa shape index (κ2) is 15.4. The predicted octanol–water partition coefficient (Wildman–Crippen LogP) is 7.88. The highest BCUT2D eigenvalue weighted by atomic mass is 32.2. The normalized spacial score (nSPS) is 20.6. The lowest BCUT2D eigenvalue weighted by atomic mass is 9.60. The van der Waals surface area contributed by atoms with Gasteiger partial charge in [0.15, 0.2) is 10.7 Å². The van der Waals surface area contributed by atoms with Crippen LogP contribution in [0.25, 0.3) is 11.0 Å². The van der Waals surface area contributed by atoms with Crippen LogP contribution in [0.15, 0.2) is 108 Å². The van der Waals surface area contributed by atoms with Crippen LogP contribution in [0.4, 0.5) is 17.1 Å². The van der Waals surface area contributed by atoms with E-state index in [0.717, 1.165) is 61.1 Å². The zero-order chi connectivity index (χ0) is 42.9. The summed E-state index contributed by atoms with van der Waals surface area (Å²) >= 11 is 0. The van der Waals surface area contributed by atoms with E-state index in [2.05, 4.69) is 59.1 Å². The van der Waals surface area contributed by atoms with Crippen molar-refractivity contribution in [2.75, 3.05) is 36.5 Å². The number of nitrogens with zero attached hydrogens (tertiary/aromatic N) is 5. The van der Waals surface area contributed by atoms with E-state index in [1.54, 1.807) is 36.0 Å². The first-order valence-electron chi connectivity index (χ1n) is 21.6. The monoisotopic (exact) mass is 866 g/mol. The van der Waals surface area contributed by atoms with Gasteiger partial charge in [0.05, 0.1) is 28.8 Å². The van der Waals surface area contributed by atoms with Crippen molar-refractivity contribution in [2.45, 2.75) is 74.0 Å². The van der Waals surface area contributed by atoms with E-state index in [-0.39, 0.29) is 40.9 Å². The molecule has 16 heteroatoms. The molecule has 0 bridgehead atoms. The molecule has 2 saturated carbocycles. The Kier molecular flexibility index (Phi) is 9.60. The van der Waals surface area contributed by atoms with Crippen LogP contribution in [-0.2, 0) is 16.4 Å². The number of nitro groups is 1. The summed E-state index contributed by atoms with van der Waals surface area (Å²) in [5, 5.41) is 15.4. The van der Waals surface area contributed by atoms with Gasteiger partial charge in [-0.1, -0.05) is 54.6 Å². The average molecular weight is 867 g/mol. The average Bonchev–Trinajstić information content (AvgIpc) is 3.80. The molecule has 1 amide bonds. The Morgan fingerprint density at radius 3 is 2.57 bits per heavy atom. The fraction of sp³-hybridized carbons (Fsp3) is 0.340. The number of amides is 1. The standard InChI is InChI=1S/C47H46N8O7S/c56-45(52-63(59,60)42-22-40(55(57)58)43-46(51-42)61-26-32(50-43)19-29-7-2-1-3-8-29)38-15-14-33(21-41(38)62-35-20-31-16-17-48-44(31)49-25-35)53-27-47(28-53)23-34(24-47)54-18-6-11-39(54)37-10-5-4-9-36(37)30-12-13-30/h1-5,7-10,14-17,20-22,25,30,32,34,39,50H,6,11-13,18-19,23-24,26-28H2,(H,48,49)(H,52,56)/t32?,39-/m0/s1. The van der Waals surface area contributed by atoms with Gasteiger partial charge < -0.3 is 24.7 Å². The molecule has 6 aromatic rings. The van der Waals surface area contributed by atoms with Crippen molar-refractivity contribution in [3.8, 4) is 17.4 Å². The molecule has 3 aromatic carbocycles. The van der Waals surface area contributed by atoms with Gasteiger partial charge in [-0.25, -0.2) is 9.71 Å². The van der Waals surface area contributed by atoms with Crippen molar-refractivity contribution in [1.82, 2.24) is 24.6 Å². The topological polar surface area (TPSA) is 185 Å². The largest absolute Gasteiger partial charge is 0.474 e. The fourth-order valence-corrected chi connectivity index (χ4v) is 11.2. The van der Waals surface area contributed by atoms with E-state index in [1.807, 2.05) is 36.4 Å². The minimum Gasteiger partial charge on any atom is -0.474 e. The molecule has 2 aliphatic carbocycles. The number of H-pyrrole nitrogens is 1. The Hall–Kier alpha value is -6.52. The number of sulfonamides is 1. The molecule has 11 rings (SSSR count). The van der Waals surface area contributed by atoms with Gasteiger partial charge in [0, 0.05) is 53.9 Å². The molecule has 6 heterocycles. The lowest BCUT2D eigenvalue weighted by Gasteiger charge is -2.62. The second-order valence-electron chi connectivity index (χ2n) is 17.8. The zero-order valence-corrected chi connectivity index (χ0v) is 35.2. The summed E-state index contributed by atoms with van der Waals surface area (Å²) in [6.07, 6.45) is 11.1. The van der Waals surface area contributed by atoms with Crippen LogP contribution in [0.2, 0.25) is 0 Å². The van der Waals surface area contributed by atoms with Crippen LogP contribution in [0.1, 0.15) is 77.5 Å². The van der Waals surface area contributed by atoms with Crippen LogP contribution >= 0.6 is 0 Å². The molecule has 2 saturated heterocycles. The summed E-state index contributed by atoms with van der Waals surface area (Å²) in [6.45, 7) is 2.95. The Bertz CT molecular complexity index is 2870. The van der Waals surface area contributed by atoms with Gasteiger partial charge in [0.1, 0.15) is 23.8 Å². The molecule has 1 spiro atoms. The van der Waals surface area contributed by atoms with Gasteiger partial charge in [0.2, 0.25) is 5.88 Å². The van der Waals surface area contributed by atoms with Crippen molar-refractivity contribution < 1.29 is 27.6 Å². The molecule has 0 radical (unpaired) electrons. The SMILES string of the molecule is O=C(NS(=O)(=O)c1cc([N+](=O)[O-])c2c(n1)OCC(Cc1ccccc1)N2)c1ccc(N2CC3(CC(N4CCC[C@H]4c4ccccc4C4CC4)C3)C2)cc1Oc1cnc2[nH]ccc2c1. The summed E-state index contributed by atoms with van der Waals surface area (Å²) < 4.78 is 41.8. The number of pyridine rings is 2. The summed E-state index contributed by atoms with van der Waals surface area (Å²) in [5.41, 5.74) is 5.16. The number of hydrogen-bond donors (Lipinski definition) is 3. The zero-order valence-electron chi connectivity index (χ0n) is 34.4. The number of anilines is 2. The van der Waals surface area contributed by atoms with E-state index < -0.39 is 31.6 Å². The third-order valence-electron chi connectivity index (χ3n) is 13.4. The number of aromatic nitrogens is 3. The molecular weight excluding hydrogens is 821 g/mol.